The molecule has 0 saturated heterocycles. The minimum absolute atomic E-state index is 0. The standard InChI is InChI=1S/C19H26O5.K/c1-11(20)5-6-14-15-7-12-3-2-4-18(24-10-19(22)23)16(12)8-13(15)9-17(14)21;/h2-4,11,13-15,17,20-21H,5-10H2,1H3,(H,22,23);/q;+1/p-1/t11-,13-,14+,15-,17+;/m0./s1. The molecule has 0 bridgehead atoms. The molecule has 1 fully saturated rings. The second-order valence-electron chi connectivity index (χ2n) is 7.28. The van der Waals surface area contributed by atoms with Crippen molar-refractivity contribution in [3.63, 3.8) is 0 Å². The summed E-state index contributed by atoms with van der Waals surface area (Å²) in [6.45, 7) is 1.35. The zero-order chi connectivity index (χ0) is 17.3. The molecule has 6 heteroatoms. The summed E-state index contributed by atoms with van der Waals surface area (Å²) in [7, 11) is 0. The van der Waals surface area contributed by atoms with Gasteiger partial charge in [0.15, 0.2) is 0 Å². The van der Waals surface area contributed by atoms with Crippen molar-refractivity contribution >= 4 is 5.97 Å². The monoisotopic (exact) mass is 372 g/mol. The van der Waals surface area contributed by atoms with Gasteiger partial charge in [0.1, 0.15) is 12.4 Å². The molecular formula is C19H25KO5. The summed E-state index contributed by atoms with van der Waals surface area (Å²) >= 11 is 0. The molecule has 0 aliphatic heterocycles. The maximum atomic E-state index is 10.6. The number of ether oxygens (including phenoxy) is 1. The number of aliphatic hydroxyl groups is 2. The number of carboxylic acids is 1. The van der Waals surface area contributed by atoms with Crippen LogP contribution in [-0.4, -0.2) is 35.0 Å². The van der Waals surface area contributed by atoms with Gasteiger partial charge in [-0.05, 0) is 74.0 Å². The van der Waals surface area contributed by atoms with Crippen molar-refractivity contribution in [2.24, 2.45) is 17.8 Å². The van der Waals surface area contributed by atoms with E-state index < -0.39 is 12.6 Å². The van der Waals surface area contributed by atoms with Crippen LogP contribution in [0.5, 0.6) is 5.75 Å². The van der Waals surface area contributed by atoms with E-state index in [1.54, 1.807) is 13.0 Å². The summed E-state index contributed by atoms with van der Waals surface area (Å²) in [4.78, 5) is 10.6. The first-order valence-electron chi connectivity index (χ1n) is 8.75. The van der Waals surface area contributed by atoms with Crippen molar-refractivity contribution in [3.8, 4) is 5.75 Å². The molecule has 1 aromatic carbocycles. The SMILES string of the molecule is C[C@H](O)CC[C@@H]1[C@H]2Cc3cccc(OCC(=O)[O-])c3C[C@H]2C[C@H]1O.[K+]. The van der Waals surface area contributed by atoms with Gasteiger partial charge in [0.25, 0.3) is 0 Å². The van der Waals surface area contributed by atoms with Gasteiger partial charge in [-0.3, -0.25) is 0 Å². The topological polar surface area (TPSA) is 89.8 Å². The maximum absolute atomic E-state index is 10.6. The van der Waals surface area contributed by atoms with Gasteiger partial charge in [-0.2, -0.15) is 0 Å². The molecule has 2 aliphatic rings. The van der Waals surface area contributed by atoms with Gasteiger partial charge in [0.05, 0.1) is 18.2 Å². The van der Waals surface area contributed by atoms with Gasteiger partial charge in [0.2, 0.25) is 0 Å². The Hall–Kier alpha value is 0.0464. The van der Waals surface area contributed by atoms with Crippen molar-refractivity contribution < 1.29 is 76.2 Å². The van der Waals surface area contributed by atoms with E-state index in [0.717, 1.165) is 31.2 Å². The molecule has 2 aliphatic carbocycles. The number of rotatable bonds is 6. The van der Waals surface area contributed by atoms with Crippen molar-refractivity contribution in [2.45, 2.75) is 51.2 Å². The van der Waals surface area contributed by atoms with Crippen LogP contribution < -0.4 is 61.2 Å². The van der Waals surface area contributed by atoms with Crippen LogP contribution in [0.15, 0.2) is 18.2 Å². The summed E-state index contributed by atoms with van der Waals surface area (Å²) < 4.78 is 5.39. The summed E-state index contributed by atoms with van der Waals surface area (Å²) in [6, 6.07) is 5.76. The fourth-order valence-corrected chi connectivity index (χ4v) is 4.51. The molecule has 1 aromatic rings. The summed E-state index contributed by atoms with van der Waals surface area (Å²) in [5.74, 6) is 0.431. The number of carbonyl (C=O) groups is 1. The molecule has 0 unspecified atom stereocenters. The van der Waals surface area contributed by atoms with Crippen LogP contribution in [0.25, 0.3) is 0 Å². The minimum Gasteiger partial charge on any atom is -0.546 e. The third-order valence-corrected chi connectivity index (χ3v) is 5.61. The van der Waals surface area contributed by atoms with Crippen LogP contribution in [0.3, 0.4) is 0 Å². The van der Waals surface area contributed by atoms with Crippen LogP contribution in [0.4, 0.5) is 0 Å². The van der Waals surface area contributed by atoms with Crippen molar-refractivity contribution in [1.82, 2.24) is 0 Å². The number of aliphatic hydroxyl groups excluding tert-OH is 2. The number of benzene rings is 1. The minimum atomic E-state index is -1.23. The molecule has 5 atom stereocenters. The normalized spacial score (nSPS) is 28.4. The van der Waals surface area contributed by atoms with Crippen LogP contribution in [0.1, 0.15) is 37.3 Å². The second-order valence-corrected chi connectivity index (χ2v) is 7.28. The third-order valence-electron chi connectivity index (χ3n) is 5.61. The van der Waals surface area contributed by atoms with E-state index in [0.29, 0.717) is 24.0 Å². The molecule has 3 rings (SSSR count). The fraction of sp³-hybridized carbons (Fsp3) is 0.632. The Morgan fingerprint density at radius 1 is 1.40 bits per heavy atom. The zero-order valence-electron chi connectivity index (χ0n) is 15.0. The van der Waals surface area contributed by atoms with Crippen molar-refractivity contribution in [2.75, 3.05) is 6.61 Å². The summed E-state index contributed by atoms with van der Waals surface area (Å²) in [5, 5.41) is 30.6. The predicted molar refractivity (Wildman–Crippen MR) is 86.4 cm³/mol. The molecule has 2 N–H and O–H groups in total. The number of aliphatic carboxylic acids is 1. The number of carbonyl (C=O) groups excluding carboxylic acids is 1. The number of fused-ring (bicyclic) bond motifs is 2. The van der Waals surface area contributed by atoms with Gasteiger partial charge in [0, 0.05) is 0 Å². The van der Waals surface area contributed by atoms with Gasteiger partial charge in [-0.15, -0.1) is 0 Å². The quantitative estimate of drug-likeness (QED) is 0.548. The molecule has 0 amide bonds. The molecule has 0 aromatic heterocycles. The first-order chi connectivity index (χ1) is 11.5. The Balaban J connectivity index is 0.00000225. The Bertz CT molecular complexity index is 603. The first kappa shape index (κ1) is 21.3. The second kappa shape index (κ2) is 9.31. The van der Waals surface area contributed by atoms with E-state index >= 15 is 0 Å². The predicted octanol–water partition coefficient (Wildman–Crippen LogP) is -2.31. The van der Waals surface area contributed by atoms with Gasteiger partial charge >= 0.3 is 51.4 Å². The average Bonchev–Trinajstić information content (AvgIpc) is 2.83. The van der Waals surface area contributed by atoms with Crippen LogP contribution in [0.2, 0.25) is 0 Å². The molecule has 1 saturated carbocycles. The molecular weight excluding hydrogens is 347 g/mol. The van der Waals surface area contributed by atoms with E-state index in [2.05, 4.69) is 6.07 Å². The van der Waals surface area contributed by atoms with Crippen LogP contribution in [-0.2, 0) is 17.6 Å². The first-order valence-corrected chi connectivity index (χ1v) is 8.75. The molecule has 5 nitrogen and oxygen atoms in total. The van der Waals surface area contributed by atoms with E-state index in [1.165, 1.54) is 5.56 Å². The van der Waals surface area contributed by atoms with E-state index in [1.807, 2.05) is 6.07 Å². The largest absolute Gasteiger partial charge is 1.00 e. The zero-order valence-corrected chi connectivity index (χ0v) is 18.1. The molecule has 0 spiro atoms. The Morgan fingerprint density at radius 3 is 2.84 bits per heavy atom. The maximum Gasteiger partial charge on any atom is 1.00 e. The molecule has 132 valence electrons. The molecule has 25 heavy (non-hydrogen) atoms. The Morgan fingerprint density at radius 2 is 2.16 bits per heavy atom. The smallest absolute Gasteiger partial charge is 0.546 e. The summed E-state index contributed by atoms with van der Waals surface area (Å²) in [6.07, 6.45) is 3.36. The number of hydrogen-bond acceptors (Lipinski definition) is 5. The Labute approximate surface area is 191 Å². The van der Waals surface area contributed by atoms with E-state index in [9.17, 15) is 20.1 Å². The molecule has 0 radical (unpaired) electrons. The summed E-state index contributed by atoms with van der Waals surface area (Å²) in [5.41, 5.74) is 2.26. The fourth-order valence-electron chi connectivity index (χ4n) is 4.51. The number of hydrogen-bond donors (Lipinski definition) is 2. The van der Waals surface area contributed by atoms with E-state index in [4.69, 9.17) is 4.74 Å². The average molecular weight is 373 g/mol. The van der Waals surface area contributed by atoms with Crippen LogP contribution >= 0.6 is 0 Å². The van der Waals surface area contributed by atoms with Gasteiger partial charge in [-0.25, -0.2) is 0 Å². The van der Waals surface area contributed by atoms with Gasteiger partial charge in [-0.1, -0.05) is 12.1 Å². The van der Waals surface area contributed by atoms with Crippen molar-refractivity contribution in [1.29, 1.82) is 0 Å². The third kappa shape index (κ3) is 5.06. The Kier molecular flexibility index (Phi) is 7.95. The number of carboxylic acid groups (broad SMARTS) is 1. The van der Waals surface area contributed by atoms with Crippen molar-refractivity contribution in [3.05, 3.63) is 29.3 Å². The molecule has 0 heterocycles. The van der Waals surface area contributed by atoms with Crippen LogP contribution in [0, 0.1) is 17.8 Å². The van der Waals surface area contributed by atoms with Gasteiger partial charge < -0.3 is 24.9 Å². The van der Waals surface area contributed by atoms with E-state index in [-0.39, 0.29) is 69.5 Å².